The number of nitrogens with one attached hydrogen (secondary N) is 1. The SMILES string of the molecule is NC(=O)c1ccsc1NC(=O)c1ccc(F)cc1F. The Labute approximate surface area is 110 Å². The van der Waals surface area contributed by atoms with Gasteiger partial charge in [0.25, 0.3) is 11.8 Å². The van der Waals surface area contributed by atoms with Crippen LogP contribution in [0.3, 0.4) is 0 Å². The van der Waals surface area contributed by atoms with Crippen molar-refractivity contribution >= 4 is 28.2 Å². The molecular weight excluding hydrogens is 274 g/mol. The van der Waals surface area contributed by atoms with Gasteiger partial charge in [-0.05, 0) is 23.6 Å². The average molecular weight is 282 g/mol. The summed E-state index contributed by atoms with van der Waals surface area (Å²) in [6.45, 7) is 0. The van der Waals surface area contributed by atoms with E-state index in [9.17, 15) is 18.4 Å². The van der Waals surface area contributed by atoms with Gasteiger partial charge in [-0.25, -0.2) is 8.78 Å². The summed E-state index contributed by atoms with van der Waals surface area (Å²) in [5, 5.41) is 4.15. The fourth-order valence-electron chi connectivity index (χ4n) is 1.44. The van der Waals surface area contributed by atoms with E-state index in [0.29, 0.717) is 6.07 Å². The lowest BCUT2D eigenvalue weighted by molar-refractivity contribution is 0.100. The molecule has 3 N–H and O–H groups in total. The molecule has 0 saturated carbocycles. The molecule has 1 aromatic heterocycles. The Kier molecular flexibility index (Phi) is 3.57. The highest BCUT2D eigenvalue weighted by molar-refractivity contribution is 7.14. The van der Waals surface area contributed by atoms with Crippen LogP contribution in [0.5, 0.6) is 0 Å². The van der Waals surface area contributed by atoms with E-state index < -0.39 is 23.4 Å². The van der Waals surface area contributed by atoms with Crippen LogP contribution >= 0.6 is 11.3 Å². The molecule has 4 nitrogen and oxygen atoms in total. The predicted octanol–water partition coefficient (Wildman–Crippen LogP) is 2.38. The standard InChI is InChI=1S/C12H8F2N2O2S/c13-6-1-2-7(9(14)5-6)11(18)16-12-8(10(15)17)3-4-19-12/h1-5H,(H2,15,17)(H,16,18). The van der Waals surface area contributed by atoms with Crippen LogP contribution in [0.2, 0.25) is 0 Å². The summed E-state index contributed by atoms with van der Waals surface area (Å²) < 4.78 is 26.1. The van der Waals surface area contributed by atoms with Gasteiger partial charge in [-0.2, -0.15) is 0 Å². The zero-order valence-electron chi connectivity index (χ0n) is 9.44. The van der Waals surface area contributed by atoms with Crippen LogP contribution in [0.25, 0.3) is 0 Å². The third-order valence-corrected chi connectivity index (χ3v) is 3.16. The lowest BCUT2D eigenvalue weighted by Crippen LogP contribution is -2.17. The van der Waals surface area contributed by atoms with Crippen LogP contribution in [0.1, 0.15) is 20.7 Å². The van der Waals surface area contributed by atoms with E-state index in [4.69, 9.17) is 5.73 Å². The molecule has 1 aromatic carbocycles. The largest absolute Gasteiger partial charge is 0.366 e. The number of nitrogens with two attached hydrogens (primary N) is 1. The molecule has 0 aliphatic rings. The van der Waals surface area contributed by atoms with Gasteiger partial charge in [-0.3, -0.25) is 9.59 Å². The molecule has 0 aliphatic carbocycles. The van der Waals surface area contributed by atoms with E-state index in [1.165, 1.54) is 6.07 Å². The van der Waals surface area contributed by atoms with Crippen LogP contribution in [-0.4, -0.2) is 11.8 Å². The molecule has 2 amide bonds. The Balaban J connectivity index is 2.26. The van der Waals surface area contributed by atoms with Crippen molar-refractivity contribution in [3.8, 4) is 0 Å². The van der Waals surface area contributed by atoms with E-state index in [0.717, 1.165) is 23.5 Å². The van der Waals surface area contributed by atoms with Crippen molar-refractivity contribution in [2.24, 2.45) is 5.73 Å². The second kappa shape index (κ2) is 5.15. The number of carbonyl (C=O) groups is 2. The maximum absolute atomic E-state index is 13.4. The molecule has 2 rings (SSSR count). The normalized spacial score (nSPS) is 10.2. The number of benzene rings is 1. The molecule has 0 radical (unpaired) electrons. The third kappa shape index (κ3) is 2.76. The predicted molar refractivity (Wildman–Crippen MR) is 67.1 cm³/mol. The molecule has 7 heteroatoms. The number of hydrogen-bond donors (Lipinski definition) is 2. The molecule has 0 fully saturated rings. The minimum atomic E-state index is -0.977. The summed E-state index contributed by atoms with van der Waals surface area (Å²) in [6.07, 6.45) is 0. The Morgan fingerprint density at radius 3 is 2.53 bits per heavy atom. The van der Waals surface area contributed by atoms with Crippen molar-refractivity contribution in [2.45, 2.75) is 0 Å². The lowest BCUT2D eigenvalue weighted by atomic mass is 10.2. The lowest BCUT2D eigenvalue weighted by Gasteiger charge is -2.05. The van der Waals surface area contributed by atoms with E-state index in [1.807, 2.05) is 0 Å². The van der Waals surface area contributed by atoms with Gasteiger partial charge in [-0.15, -0.1) is 11.3 Å². The van der Waals surface area contributed by atoms with Gasteiger partial charge >= 0.3 is 0 Å². The molecule has 0 spiro atoms. The first-order valence-corrected chi connectivity index (χ1v) is 6.00. The second-order valence-electron chi connectivity index (χ2n) is 3.61. The first-order chi connectivity index (χ1) is 8.99. The van der Waals surface area contributed by atoms with Crippen LogP contribution < -0.4 is 11.1 Å². The topological polar surface area (TPSA) is 72.2 Å². The zero-order chi connectivity index (χ0) is 14.0. The molecule has 98 valence electrons. The first-order valence-electron chi connectivity index (χ1n) is 5.12. The Hall–Kier alpha value is -2.28. The number of carbonyl (C=O) groups excluding carboxylic acids is 2. The van der Waals surface area contributed by atoms with Crippen LogP contribution in [0, 0.1) is 11.6 Å². The van der Waals surface area contributed by atoms with E-state index in [2.05, 4.69) is 5.32 Å². The quantitative estimate of drug-likeness (QED) is 0.907. The minimum Gasteiger partial charge on any atom is -0.366 e. The Morgan fingerprint density at radius 2 is 1.89 bits per heavy atom. The summed E-state index contributed by atoms with van der Waals surface area (Å²) in [7, 11) is 0. The van der Waals surface area contributed by atoms with Gasteiger partial charge in [0.2, 0.25) is 0 Å². The van der Waals surface area contributed by atoms with Crippen molar-refractivity contribution in [1.29, 1.82) is 0 Å². The molecule has 0 unspecified atom stereocenters. The highest BCUT2D eigenvalue weighted by Crippen LogP contribution is 2.23. The van der Waals surface area contributed by atoms with Gasteiger partial charge in [0.15, 0.2) is 0 Å². The van der Waals surface area contributed by atoms with Crippen molar-refractivity contribution in [3.05, 3.63) is 52.4 Å². The number of thiophene rings is 1. The fourth-order valence-corrected chi connectivity index (χ4v) is 2.23. The maximum Gasteiger partial charge on any atom is 0.259 e. The van der Waals surface area contributed by atoms with Gasteiger partial charge < -0.3 is 11.1 Å². The van der Waals surface area contributed by atoms with Gasteiger partial charge in [-0.1, -0.05) is 0 Å². The van der Waals surface area contributed by atoms with E-state index in [1.54, 1.807) is 5.38 Å². The second-order valence-corrected chi connectivity index (χ2v) is 4.52. The number of primary amides is 1. The number of hydrogen-bond acceptors (Lipinski definition) is 3. The van der Waals surface area contributed by atoms with Gasteiger partial charge in [0, 0.05) is 6.07 Å². The van der Waals surface area contributed by atoms with Crippen molar-refractivity contribution < 1.29 is 18.4 Å². The molecule has 0 aliphatic heterocycles. The number of anilines is 1. The fraction of sp³-hybridized carbons (Fsp3) is 0. The molecule has 2 aromatic rings. The van der Waals surface area contributed by atoms with E-state index >= 15 is 0 Å². The summed E-state index contributed by atoms with van der Waals surface area (Å²) in [5.41, 5.74) is 4.94. The van der Waals surface area contributed by atoms with Crippen molar-refractivity contribution in [3.63, 3.8) is 0 Å². The summed E-state index contributed by atoms with van der Waals surface area (Å²) in [5.74, 6) is -3.23. The summed E-state index contributed by atoms with van der Waals surface area (Å²) in [6, 6.07) is 4.06. The van der Waals surface area contributed by atoms with Crippen LogP contribution in [0.4, 0.5) is 13.8 Å². The number of halogens is 2. The molecule has 0 atom stereocenters. The molecular formula is C12H8F2N2O2S. The monoisotopic (exact) mass is 282 g/mol. The summed E-state index contributed by atoms with van der Waals surface area (Å²) in [4.78, 5) is 22.9. The van der Waals surface area contributed by atoms with Crippen LogP contribution in [-0.2, 0) is 0 Å². The Bertz CT molecular complexity index is 655. The Morgan fingerprint density at radius 1 is 1.16 bits per heavy atom. The van der Waals surface area contributed by atoms with Gasteiger partial charge in [0.1, 0.15) is 16.6 Å². The highest BCUT2D eigenvalue weighted by Gasteiger charge is 2.16. The maximum atomic E-state index is 13.4. The summed E-state index contributed by atoms with van der Waals surface area (Å²) >= 11 is 1.08. The minimum absolute atomic E-state index is 0.140. The van der Waals surface area contributed by atoms with Crippen molar-refractivity contribution in [2.75, 3.05) is 5.32 Å². The average Bonchev–Trinajstić information content (AvgIpc) is 2.76. The number of rotatable bonds is 3. The molecule has 1 heterocycles. The first kappa shape index (κ1) is 13.2. The highest BCUT2D eigenvalue weighted by atomic mass is 32.1. The van der Waals surface area contributed by atoms with Gasteiger partial charge in [0.05, 0.1) is 11.1 Å². The smallest absolute Gasteiger partial charge is 0.259 e. The number of amides is 2. The van der Waals surface area contributed by atoms with E-state index in [-0.39, 0.29) is 16.1 Å². The zero-order valence-corrected chi connectivity index (χ0v) is 10.3. The molecule has 0 bridgehead atoms. The third-order valence-electron chi connectivity index (χ3n) is 2.33. The van der Waals surface area contributed by atoms with Crippen LogP contribution in [0.15, 0.2) is 29.6 Å². The molecule has 19 heavy (non-hydrogen) atoms. The van der Waals surface area contributed by atoms with Crippen molar-refractivity contribution in [1.82, 2.24) is 0 Å². The molecule has 0 saturated heterocycles.